The van der Waals surface area contributed by atoms with E-state index in [4.69, 9.17) is 0 Å². The van der Waals surface area contributed by atoms with Crippen molar-refractivity contribution in [2.75, 3.05) is 11.9 Å². The molecule has 1 aromatic heterocycles. The van der Waals surface area contributed by atoms with Crippen LogP contribution in [0.3, 0.4) is 0 Å². The Bertz CT molecular complexity index is 500. The maximum Gasteiger partial charge on any atom is 0.0827 e. The summed E-state index contributed by atoms with van der Waals surface area (Å²) in [5.41, 5.74) is 4.87. The van der Waals surface area contributed by atoms with Crippen LogP contribution in [0.5, 0.6) is 0 Å². The average molecular weight is 243 g/mol. The van der Waals surface area contributed by atoms with Crippen LogP contribution >= 0.6 is 0 Å². The first-order valence-corrected chi connectivity index (χ1v) is 6.46. The van der Waals surface area contributed by atoms with Gasteiger partial charge in [0, 0.05) is 13.6 Å². The smallest absolute Gasteiger partial charge is 0.0827 e. The Morgan fingerprint density at radius 1 is 1.17 bits per heavy atom. The molecule has 0 amide bonds. The Balaban J connectivity index is 1.82. The number of aromatic nitrogens is 2. The third kappa shape index (κ3) is 2.92. The number of aryl methyl sites for hydroxylation is 3. The van der Waals surface area contributed by atoms with Crippen LogP contribution in [0.15, 0.2) is 30.3 Å². The number of hydrogen-bond acceptors (Lipinski definition) is 2. The van der Waals surface area contributed by atoms with Crippen LogP contribution in [0.4, 0.5) is 5.69 Å². The average Bonchev–Trinajstić information content (AvgIpc) is 2.61. The van der Waals surface area contributed by atoms with Gasteiger partial charge in [-0.15, -0.1) is 0 Å². The molecule has 0 spiro atoms. The molecule has 0 saturated heterocycles. The summed E-state index contributed by atoms with van der Waals surface area (Å²) in [6, 6.07) is 10.6. The number of anilines is 1. The highest BCUT2D eigenvalue weighted by molar-refractivity contribution is 5.51. The van der Waals surface area contributed by atoms with Crippen LogP contribution in [-0.4, -0.2) is 16.3 Å². The van der Waals surface area contributed by atoms with Crippen LogP contribution in [0.25, 0.3) is 0 Å². The highest BCUT2D eigenvalue weighted by Gasteiger charge is 2.07. The lowest BCUT2D eigenvalue weighted by atomic mass is 10.1. The molecule has 1 N–H and O–H groups in total. The molecule has 1 heterocycles. The SMILES string of the molecule is Cc1nn(C)c(C)c1NCCCc1ccccc1. The maximum absolute atomic E-state index is 4.40. The van der Waals surface area contributed by atoms with E-state index >= 15 is 0 Å². The van der Waals surface area contributed by atoms with Crippen molar-refractivity contribution in [2.24, 2.45) is 7.05 Å². The lowest BCUT2D eigenvalue weighted by Gasteiger charge is -2.06. The summed E-state index contributed by atoms with van der Waals surface area (Å²) in [6.07, 6.45) is 2.25. The number of nitrogens with zero attached hydrogens (tertiary/aromatic N) is 2. The molecule has 3 heteroatoms. The largest absolute Gasteiger partial charge is 0.382 e. The second-order valence-electron chi connectivity index (χ2n) is 4.69. The highest BCUT2D eigenvalue weighted by Crippen LogP contribution is 2.18. The van der Waals surface area contributed by atoms with E-state index in [9.17, 15) is 0 Å². The van der Waals surface area contributed by atoms with E-state index in [1.165, 1.54) is 16.9 Å². The second kappa shape index (κ2) is 5.71. The standard InChI is InChI=1S/C15H21N3/c1-12-15(13(2)18(3)17-12)16-11-7-10-14-8-5-4-6-9-14/h4-6,8-9,16H,7,10-11H2,1-3H3. The van der Waals surface area contributed by atoms with Crippen molar-refractivity contribution >= 4 is 5.69 Å². The number of rotatable bonds is 5. The lowest BCUT2D eigenvalue weighted by molar-refractivity contribution is 0.731. The van der Waals surface area contributed by atoms with Crippen molar-refractivity contribution in [3.63, 3.8) is 0 Å². The van der Waals surface area contributed by atoms with Crippen molar-refractivity contribution in [3.8, 4) is 0 Å². The predicted molar refractivity (Wildman–Crippen MR) is 75.9 cm³/mol. The molecule has 2 aromatic rings. The molecule has 0 unspecified atom stereocenters. The quantitative estimate of drug-likeness (QED) is 0.818. The van der Waals surface area contributed by atoms with Gasteiger partial charge in [0.2, 0.25) is 0 Å². The van der Waals surface area contributed by atoms with Gasteiger partial charge in [0.25, 0.3) is 0 Å². The fraction of sp³-hybridized carbons (Fsp3) is 0.400. The molecule has 1 aromatic carbocycles. The first-order chi connectivity index (χ1) is 8.68. The summed E-state index contributed by atoms with van der Waals surface area (Å²) in [7, 11) is 1.98. The molecule has 0 fully saturated rings. The normalized spacial score (nSPS) is 10.6. The van der Waals surface area contributed by atoms with Crippen LogP contribution in [-0.2, 0) is 13.5 Å². The summed E-state index contributed by atoms with van der Waals surface area (Å²) in [6.45, 7) is 5.13. The molecule has 0 bridgehead atoms. The zero-order valence-corrected chi connectivity index (χ0v) is 11.4. The van der Waals surface area contributed by atoms with Gasteiger partial charge >= 0.3 is 0 Å². The molecule has 18 heavy (non-hydrogen) atoms. The third-order valence-electron chi connectivity index (χ3n) is 3.30. The van der Waals surface area contributed by atoms with E-state index in [1.807, 2.05) is 18.7 Å². The molecule has 0 radical (unpaired) electrons. The maximum atomic E-state index is 4.40. The summed E-state index contributed by atoms with van der Waals surface area (Å²) < 4.78 is 1.93. The van der Waals surface area contributed by atoms with Gasteiger partial charge < -0.3 is 5.32 Å². The summed E-state index contributed by atoms with van der Waals surface area (Å²) in [4.78, 5) is 0. The summed E-state index contributed by atoms with van der Waals surface area (Å²) in [5.74, 6) is 0. The molecule has 0 atom stereocenters. The molecule has 0 aliphatic carbocycles. The van der Waals surface area contributed by atoms with Crippen molar-refractivity contribution in [3.05, 3.63) is 47.3 Å². The minimum atomic E-state index is 0.988. The number of nitrogens with one attached hydrogen (secondary N) is 1. The van der Waals surface area contributed by atoms with E-state index in [2.05, 4.69) is 47.7 Å². The Morgan fingerprint density at radius 3 is 2.50 bits per heavy atom. The number of hydrogen-bond donors (Lipinski definition) is 1. The molecule has 2 rings (SSSR count). The van der Waals surface area contributed by atoms with E-state index in [1.54, 1.807) is 0 Å². The fourth-order valence-corrected chi connectivity index (χ4v) is 2.18. The van der Waals surface area contributed by atoms with E-state index in [0.29, 0.717) is 0 Å². The van der Waals surface area contributed by atoms with Gasteiger partial charge in [-0.3, -0.25) is 4.68 Å². The van der Waals surface area contributed by atoms with Crippen LogP contribution in [0.1, 0.15) is 23.4 Å². The van der Waals surface area contributed by atoms with Crippen molar-refractivity contribution in [2.45, 2.75) is 26.7 Å². The third-order valence-corrected chi connectivity index (χ3v) is 3.30. The lowest BCUT2D eigenvalue weighted by Crippen LogP contribution is -2.05. The zero-order valence-electron chi connectivity index (χ0n) is 11.4. The van der Waals surface area contributed by atoms with Gasteiger partial charge in [0.1, 0.15) is 0 Å². The number of benzene rings is 1. The predicted octanol–water partition coefficient (Wildman–Crippen LogP) is 3.08. The Morgan fingerprint density at radius 2 is 1.89 bits per heavy atom. The highest BCUT2D eigenvalue weighted by atomic mass is 15.3. The Kier molecular flexibility index (Phi) is 4.03. The minimum Gasteiger partial charge on any atom is -0.382 e. The van der Waals surface area contributed by atoms with E-state index in [-0.39, 0.29) is 0 Å². The molecule has 0 aliphatic heterocycles. The van der Waals surface area contributed by atoms with Gasteiger partial charge in [-0.2, -0.15) is 5.10 Å². The van der Waals surface area contributed by atoms with Crippen LogP contribution in [0.2, 0.25) is 0 Å². The monoisotopic (exact) mass is 243 g/mol. The first kappa shape index (κ1) is 12.7. The van der Waals surface area contributed by atoms with E-state index < -0.39 is 0 Å². The van der Waals surface area contributed by atoms with Crippen molar-refractivity contribution in [1.29, 1.82) is 0 Å². The molecule has 0 saturated carbocycles. The van der Waals surface area contributed by atoms with Crippen molar-refractivity contribution in [1.82, 2.24) is 9.78 Å². The first-order valence-electron chi connectivity index (χ1n) is 6.46. The van der Waals surface area contributed by atoms with E-state index in [0.717, 1.165) is 25.1 Å². The van der Waals surface area contributed by atoms with Gasteiger partial charge in [-0.25, -0.2) is 0 Å². The molecule has 0 aliphatic rings. The second-order valence-corrected chi connectivity index (χ2v) is 4.69. The van der Waals surface area contributed by atoms with Crippen LogP contribution < -0.4 is 5.32 Å². The van der Waals surface area contributed by atoms with Crippen molar-refractivity contribution < 1.29 is 0 Å². The molecular weight excluding hydrogens is 222 g/mol. The van der Waals surface area contributed by atoms with Gasteiger partial charge in [0.05, 0.1) is 17.1 Å². The van der Waals surface area contributed by atoms with Gasteiger partial charge in [0.15, 0.2) is 0 Å². The summed E-state index contributed by atoms with van der Waals surface area (Å²) >= 11 is 0. The topological polar surface area (TPSA) is 29.9 Å². The zero-order chi connectivity index (χ0) is 13.0. The van der Waals surface area contributed by atoms with Gasteiger partial charge in [-0.1, -0.05) is 30.3 Å². The van der Waals surface area contributed by atoms with Gasteiger partial charge in [-0.05, 0) is 32.3 Å². The molecular formula is C15H21N3. The molecule has 96 valence electrons. The minimum absolute atomic E-state index is 0.988. The summed E-state index contributed by atoms with van der Waals surface area (Å²) in [5, 5.41) is 7.89. The Labute approximate surface area is 109 Å². The van der Waals surface area contributed by atoms with Crippen LogP contribution in [0, 0.1) is 13.8 Å². The Hall–Kier alpha value is -1.77. The fourth-order valence-electron chi connectivity index (χ4n) is 2.18. The molecule has 3 nitrogen and oxygen atoms in total.